The molecule has 0 aliphatic carbocycles. The highest BCUT2D eigenvalue weighted by atomic mass is 19.1. The van der Waals surface area contributed by atoms with Gasteiger partial charge in [0.25, 0.3) is 0 Å². The van der Waals surface area contributed by atoms with Crippen LogP contribution in [0.1, 0.15) is 25.5 Å². The molecule has 0 saturated carbocycles. The lowest BCUT2D eigenvalue weighted by atomic mass is 10.1. The first-order valence-corrected chi connectivity index (χ1v) is 5.51. The highest BCUT2D eigenvalue weighted by molar-refractivity contribution is 5.55. The molecule has 0 aromatic heterocycles. The number of hydrogen-bond donors (Lipinski definition) is 1. The predicted octanol–water partition coefficient (Wildman–Crippen LogP) is 2.86. The summed E-state index contributed by atoms with van der Waals surface area (Å²) >= 11 is 0. The molecule has 1 rings (SSSR count). The van der Waals surface area contributed by atoms with Gasteiger partial charge in [-0.3, -0.25) is 0 Å². The molecular formula is C13H19FN2. The third-order valence-corrected chi connectivity index (χ3v) is 2.55. The standard InChI is InChI=1S/C13H19FN2/c1-4-8-16(5-2)13-7-6-11(14)9-12(13)10(3)15/h4,6-7,9-10H,1,5,8,15H2,2-3H3. The van der Waals surface area contributed by atoms with Gasteiger partial charge in [0.1, 0.15) is 5.82 Å². The van der Waals surface area contributed by atoms with Crippen molar-refractivity contribution in [1.82, 2.24) is 0 Å². The average molecular weight is 222 g/mol. The molecule has 1 aromatic rings. The van der Waals surface area contributed by atoms with Crippen LogP contribution in [-0.2, 0) is 0 Å². The van der Waals surface area contributed by atoms with Gasteiger partial charge in [-0.15, -0.1) is 6.58 Å². The lowest BCUT2D eigenvalue weighted by Crippen LogP contribution is -2.25. The summed E-state index contributed by atoms with van der Waals surface area (Å²) in [7, 11) is 0. The minimum absolute atomic E-state index is 0.176. The summed E-state index contributed by atoms with van der Waals surface area (Å²) in [6.45, 7) is 9.22. The van der Waals surface area contributed by atoms with Gasteiger partial charge in [0.05, 0.1) is 0 Å². The Morgan fingerprint density at radius 3 is 2.75 bits per heavy atom. The lowest BCUT2D eigenvalue weighted by molar-refractivity contribution is 0.621. The van der Waals surface area contributed by atoms with Crippen molar-refractivity contribution in [1.29, 1.82) is 0 Å². The van der Waals surface area contributed by atoms with E-state index in [4.69, 9.17) is 5.73 Å². The lowest BCUT2D eigenvalue weighted by Gasteiger charge is -2.25. The fourth-order valence-corrected chi connectivity index (χ4v) is 1.73. The summed E-state index contributed by atoms with van der Waals surface area (Å²) in [5.41, 5.74) is 7.67. The van der Waals surface area contributed by atoms with Gasteiger partial charge in [-0.05, 0) is 37.6 Å². The number of hydrogen-bond acceptors (Lipinski definition) is 2. The fourth-order valence-electron chi connectivity index (χ4n) is 1.73. The number of rotatable bonds is 5. The van der Waals surface area contributed by atoms with Gasteiger partial charge in [-0.25, -0.2) is 4.39 Å². The molecule has 0 aliphatic heterocycles. The molecule has 0 radical (unpaired) electrons. The SMILES string of the molecule is C=CCN(CC)c1ccc(F)cc1C(C)N. The van der Waals surface area contributed by atoms with E-state index in [1.165, 1.54) is 12.1 Å². The molecule has 0 amide bonds. The third-order valence-electron chi connectivity index (χ3n) is 2.55. The maximum atomic E-state index is 13.2. The summed E-state index contributed by atoms with van der Waals surface area (Å²) in [4.78, 5) is 2.12. The molecule has 2 N–H and O–H groups in total. The highest BCUT2D eigenvalue weighted by Crippen LogP contribution is 2.26. The van der Waals surface area contributed by atoms with Crippen molar-refractivity contribution < 1.29 is 4.39 Å². The van der Waals surface area contributed by atoms with Crippen LogP contribution in [0.2, 0.25) is 0 Å². The van der Waals surface area contributed by atoms with Gasteiger partial charge in [0.15, 0.2) is 0 Å². The smallest absolute Gasteiger partial charge is 0.123 e. The first kappa shape index (κ1) is 12.7. The molecule has 0 heterocycles. The number of nitrogens with zero attached hydrogens (tertiary/aromatic N) is 1. The zero-order valence-electron chi connectivity index (χ0n) is 9.91. The Balaban J connectivity index is 3.14. The Morgan fingerprint density at radius 2 is 2.25 bits per heavy atom. The second kappa shape index (κ2) is 5.66. The molecule has 0 spiro atoms. The maximum Gasteiger partial charge on any atom is 0.123 e. The van der Waals surface area contributed by atoms with Crippen LogP contribution in [-0.4, -0.2) is 13.1 Å². The zero-order chi connectivity index (χ0) is 12.1. The first-order chi connectivity index (χ1) is 7.60. The van der Waals surface area contributed by atoms with E-state index in [1.807, 2.05) is 13.0 Å². The number of nitrogens with two attached hydrogens (primary N) is 1. The second-order valence-corrected chi connectivity index (χ2v) is 3.82. The van der Waals surface area contributed by atoms with Crippen LogP contribution in [0.15, 0.2) is 30.9 Å². The van der Waals surface area contributed by atoms with Crippen LogP contribution in [0.5, 0.6) is 0 Å². The van der Waals surface area contributed by atoms with Crippen molar-refractivity contribution in [3.05, 3.63) is 42.2 Å². The second-order valence-electron chi connectivity index (χ2n) is 3.82. The molecule has 1 unspecified atom stereocenters. The molecule has 1 aromatic carbocycles. The summed E-state index contributed by atoms with van der Waals surface area (Å²) < 4.78 is 13.2. The molecule has 3 heteroatoms. The normalized spacial score (nSPS) is 12.2. The quantitative estimate of drug-likeness (QED) is 0.776. The van der Waals surface area contributed by atoms with E-state index in [2.05, 4.69) is 18.4 Å². The molecule has 2 nitrogen and oxygen atoms in total. The van der Waals surface area contributed by atoms with Crippen molar-refractivity contribution >= 4 is 5.69 Å². The van der Waals surface area contributed by atoms with Gasteiger partial charge >= 0.3 is 0 Å². The third kappa shape index (κ3) is 2.83. The predicted molar refractivity (Wildman–Crippen MR) is 67.1 cm³/mol. The zero-order valence-corrected chi connectivity index (χ0v) is 9.91. The molecule has 88 valence electrons. The van der Waals surface area contributed by atoms with Gasteiger partial charge in [0, 0.05) is 24.8 Å². The van der Waals surface area contributed by atoms with E-state index >= 15 is 0 Å². The Hall–Kier alpha value is -1.35. The van der Waals surface area contributed by atoms with Crippen molar-refractivity contribution in [2.45, 2.75) is 19.9 Å². The topological polar surface area (TPSA) is 29.3 Å². The summed E-state index contributed by atoms with van der Waals surface area (Å²) in [5, 5.41) is 0. The van der Waals surface area contributed by atoms with Crippen molar-refractivity contribution in [2.24, 2.45) is 5.73 Å². The molecule has 0 saturated heterocycles. The Morgan fingerprint density at radius 1 is 1.56 bits per heavy atom. The number of anilines is 1. The first-order valence-electron chi connectivity index (χ1n) is 5.51. The van der Waals surface area contributed by atoms with Gasteiger partial charge in [0.2, 0.25) is 0 Å². The van der Waals surface area contributed by atoms with Crippen LogP contribution in [0.3, 0.4) is 0 Å². The molecule has 0 fully saturated rings. The van der Waals surface area contributed by atoms with E-state index in [1.54, 1.807) is 6.07 Å². The molecule has 0 aliphatic rings. The number of halogens is 1. The van der Waals surface area contributed by atoms with Crippen LogP contribution in [0, 0.1) is 5.82 Å². The van der Waals surface area contributed by atoms with Crippen LogP contribution >= 0.6 is 0 Å². The largest absolute Gasteiger partial charge is 0.368 e. The average Bonchev–Trinajstić information content (AvgIpc) is 2.26. The van der Waals surface area contributed by atoms with E-state index in [9.17, 15) is 4.39 Å². The Kier molecular flexibility index (Phi) is 4.50. The van der Waals surface area contributed by atoms with Crippen molar-refractivity contribution in [3.8, 4) is 0 Å². The van der Waals surface area contributed by atoms with Gasteiger partial charge < -0.3 is 10.6 Å². The fraction of sp³-hybridized carbons (Fsp3) is 0.385. The van der Waals surface area contributed by atoms with Crippen LogP contribution in [0.25, 0.3) is 0 Å². The van der Waals surface area contributed by atoms with E-state index < -0.39 is 0 Å². The Bertz CT molecular complexity index is 361. The van der Waals surface area contributed by atoms with Crippen molar-refractivity contribution in [3.63, 3.8) is 0 Å². The summed E-state index contributed by atoms with van der Waals surface area (Å²) in [6.07, 6.45) is 1.83. The minimum atomic E-state index is -0.245. The van der Waals surface area contributed by atoms with Crippen molar-refractivity contribution in [2.75, 3.05) is 18.0 Å². The minimum Gasteiger partial charge on any atom is -0.368 e. The highest BCUT2D eigenvalue weighted by Gasteiger charge is 2.12. The Labute approximate surface area is 96.6 Å². The summed E-state index contributed by atoms with van der Waals surface area (Å²) in [5.74, 6) is -0.245. The number of likely N-dealkylation sites (N-methyl/N-ethyl adjacent to an activating group) is 1. The van der Waals surface area contributed by atoms with E-state index in [-0.39, 0.29) is 11.9 Å². The maximum absolute atomic E-state index is 13.2. The van der Waals surface area contributed by atoms with Gasteiger partial charge in [-0.1, -0.05) is 6.08 Å². The number of benzene rings is 1. The van der Waals surface area contributed by atoms with Gasteiger partial charge in [-0.2, -0.15) is 0 Å². The van der Waals surface area contributed by atoms with E-state index in [0.29, 0.717) is 0 Å². The molecular weight excluding hydrogens is 203 g/mol. The van der Waals surface area contributed by atoms with Crippen LogP contribution in [0.4, 0.5) is 10.1 Å². The summed E-state index contributed by atoms with van der Waals surface area (Å²) in [6, 6.07) is 4.57. The molecule has 16 heavy (non-hydrogen) atoms. The molecule has 1 atom stereocenters. The van der Waals surface area contributed by atoms with E-state index in [0.717, 1.165) is 24.3 Å². The van der Waals surface area contributed by atoms with Crippen LogP contribution < -0.4 is 10.6 Å². The molecule has 0 bridgehead atoms. The monoisotopic (exact) mass is 222 g/mol.